The summed E-state index contributed by atoms with van der Waals surface area (Å²) in [6.45, 7) is 5.39. The van der Waals surface area contributed by atoms with Crippen LogP contribution in [-0.4, -0.2) is 66.5 Å². The molecule has 8 heteroatoms. The molecule has 1 aliphatic rings. The van der Waals surface area contributed by atoms with Crippen LogP contribution in [0.2, 0.25) is 0 Å². The zero-order chi connectivity index (χ0) is 16.3. The van der Waals surface area contributed by atoms with Crippen molar-refractivity contribution in [2.24, 2.45) is 0 Å². The monoisotopic (exact) mass is 328 g/mol. The number of likely N-dealkylation sites (N-methyl/N-ethyl adjacent to an activating group) is 1. The summed E-state index contributed by atoms with van der Waals surface area (Å²) in [5.74, 6) is 0.300. The van der Waals surface area contributed by atoms with Gasteiger partial charge in [-0.05, 0) is 27.3 Å². The van der Waals surface area contributed by atoms with Crippen LogP contribution in [0.3, 0.4) is 0 Å². The Morgan fingerprint density at radius 3 is 2.77 bits per heavy atom. The van der Waals surface area contributed by atoms with E-state index in [0.717, 1.165) is 11.4 Å². The molecule has 0 radical (unpaired) electrons. The summed E-state index contributed by atoms with van der Waals surface area (Å²) >= 11 is 0. The van der Waals surface area contributed by atoms with E-state index < -0.39 is 9.84 Å². The van der Waals surface area contributed by atoms with Crippen LogP contribution in [0.1, 0.15) is 17.8 Å². The van der Waals surface area contributed by atoms with Crippen molar-refractivity contribution in [2.45, 2.75) is 32.9 Å². The maximum Gasteiger partial charge on any atom is 0.234 e. The minimum absolute atomic E-state index is 0.0470. The molecule has 0 aromatic carbocycles. The second kappa shape index (κ2) is 6.78. The van der Waals surface area contributed by atoms with Gasteiger partial charge in [0.25, 0.3) is 0 Å². The number of hydrogen-bond acceptors (Lipinski definition) is 5. The van der Waals surface area contributed by atoms with Gasteiger partial charge in [0.2, 0.25) is 5.91 Å². The quantitative estimate of drug-likeness (QED) is 0.777. The third-order valence-electron chi connectivity index (χ3n) is 4.24. The van der Waals surface area contributed by atoms with Crippen molar-refractivity contribution in [3.63, 3.8) is 0 Å². The third kappa shape index (κ3) is 4.30. The number of sulfone groups is 1. The second-order valence-electron chi connectivity index (χ2n) is 5.93. The van der Waals surface area contributed by atoms with Crippen molar-refractivity contribution in [3.8, 4) is 0 Å². The molecule has 0 unspecified atom stereocenters. The molecular formula is C14H24N4O3S. The van der Waals surface area contributed by atoms with E-state index in [-0.39, 0.29) is 30.0 Å². The van der Waals surface area contributed by atoms with Gasteiger partial charge in [-0.1, -0.05) is 0 Å². The highest BCUT2D eigenvalue weighted by Crippen LogP contribution is 2.15. The van der Waals surface area contributed by atoms with Crippen molar-refractivity contribution >= 4 is 15.7 Å². The fourth-order valence-electron chi connectivity index (χ4n) is 2.62. The van der Waals surface area contributed by atoms with Gasteiger partial charge in [0.15, 0.2) is 9.84 Å². The van der Waals surface area contributed by atoms with E-state index in [0.29, 0.717) is 19.5 Å². The molecular weight excluding hydrogens is 304 g/mol. The lowest BCUT2D eigenvalue weighted by Gasteiger charge is -2.22. The Bertz CT molecular complexity index is 639. The van der Waals surface area contributed by atoms with Crippen LogP contribution >= 0.6 is 0 Å². The summed E-state index contributed by atoms with van der Waals surface area (Å²) in [6.07, 6.45) is 2.38. The highest BCUT2D eigenvalue weighted by atomic mass is 32.2. The lowest BCUT2D eigenvalue weighted by atomic mass is 10.2. The van der Waals surface area contributed by atoms with Crippen molar-refractivity contribution < 1.29 is 13.2 Å². The van der Waals surface area contributed by atoms with E-state index in [1.54, 1.807) is 13.4 Å². The van der Waals surface area contributed by atoms with Crippen LogP contribution in [0.5, 0.6) is 0 Å². The van der Waals surface area contributed by atoms with Crippen molar-refractivity contribution in [1.82, 2.24) is 19.8 Å². The Morgan fingerprint density at radius 1 is 1.50 bits per heavy atom. The lowest BCUT2D eigenvalue weighted by molar-refractivity contribution is -0.122. The molecule has 2 heterocycles. The third-order valence-corrected chi connectivity index (χ3v) is 6.00. The number of nitrogens with one attached hydrogen (secondary N) is 1. The molecule has 0 saturated carbocycles. The van der Waals surface area contributed by atoms with Gasteiger partial charge < -0.3 is 9.88 Å². The first kappa shape index (κ1) is 17.0. The van der Waals surface area contributed by atoms with Gasteiger partial charge in [-0.3, -0.25) is 9.69 Å². The molecule has 0 spiro atoms. The number of amides is 1. The van der Waals surface area contributed by atoms with Crippen LogP contribution in [0.15, 0.2) is 6.33 Å². The van der Waals surface area contributed by atoms with Gasteiger partial charge in [0.1, 0.15) is 0 Å². The number of carbonyl (C=O) groups is 1. The van der Waals surface area contributed by atoms with Gasteiger partial charge >= 0.3 is 0 Å². The van der Waals surface area contributed by atoms with Gasteiger partial charge in [0, 0.05) is 24.8 Å². The second-order valence-corrected chi connectivity index (χ2v) is 8.16. The minimum Gasteiger partial charge on any atom is -0.353 e. The predicted molar refractivity (Wildman–Crippen MR) is 84.4 cm³/mol. The molecule has 2 rings (SSSR count). The summed E-state index contributed by atoms with van der Waals surface area (Å²) in [5, 5.41) is 2.86. The molecule has 1 saturated heterocycles. The summed E-state index contributed by atoms with van der Waals surface area (Å²) in [4.78, 5) is 18.0. The number of aryl methyl sites for hydroxylation is 1. The minimum atomic E-state index is -2.92. The van der Waals surface area contributed by atoms with E-state index in [9.17, 15) is 13.2 Å². The fraction of sp³-hybridized carbons (Fsp3) is 0.714. The zero-order valence-electron chi connectivity index (χ0n) is 13.4. The molecule has 1 aliphatic heterocycles. The highest BCUT2D eigenvalue weighted by Gasteiger charge is 2.31. The molecule has 1 atom stereocenters. The van der Waals surface area contributed by atoms with E-state index in [4.69, 9.17) is 0 Å². The van der Waals surface area contributed by atoms with Crippen LogP contribution in [0, 0.1) is 13.8 Å². The summed E-state index contributed by atoms with van der Waals surface area (Å²) in [5.41, 5.74) is 2.09. The molecule has 1 fully saturated rings. The lowest BCUT2D eigenvalue weighted by Crippen LogP contribution is -2.41. The molecule has 22 heavy (non-hydrogen) atoms. The van der Waals surface area contributed by atoms with E-state index >= 15 is 0 Å². The fourth-order valence-corrected chi connectivity index (χ4v) is 4.43. The number of rotatable bonds is 6. The average Bonchev–Trinajstić information content (AvgIpc) is 2.95. The topological polar surface area (TPSA) is 84.3 Å². The Balaban J connectivity index is 1.73. The van der Waals surface area contributed by atoms with Gasteiger partial charge in [0.05, 0.1) is 30.1 Å². The van der Waals surface area contributed by atoms with Crippen LogP contribution in [0.4, 0.5) is 0 Å². The molecule has 0 bridgehead atoms. The predicted octanol–water partition coefficient (Wildman–Crippen LogP) is -0.265. The Hall–Kier alpha value is -1.41. The highest BCUT2D eigenvalue weighted by molar-refractivity contribution is 7.91. The Labute approximate surface area is 131 Å². The van der Waals surface area contributed by atoms with Gasteiger partial charge in [-0.2, -0.15) is 0 Å². The summed E-state index contributed by atoms with van der Waals surface area (Å²) in [6, 6.07) is -0.0470. The van der Waals surface area contributed by atoms with Crippen molar-refractivity contribution in [2.75, 3.05) is 31.6 Å². The van der Waals surface area contributed by atoms with E-state index in [2.05, 4.69) is 10.3 Å². The number of carbonyl (C=O) groups excluding carboxylic acids is 1. The molecule has 1 amide bonds. The maximum atomic E-state index is 11.9. The van der Waals surface area contributed by atoms with Gasteiger partial charge in [-0.25, -0.2) is 13.4 Å². The first-order chi connectivity index (χ1) is 10.3. The summed E-state index contributed by atoms with van der Waals surface area (Å²) in [7, 11) is -1.12. The zero-order valence-corrected chi connectivity index (χ0v) is 14.2. The van der Waals surface area contributed by atoms with Crippen LogP contribution in [-0.2, 0) is 21.2 Å². The summed E-state index contributed by atoms with van der Waals surface area (Å²) < 4.78 is 24.9. The van der Waals surface area contributed by atoms with Gasteiger partial charge in [-0.15, -0.1) is 0 Å². The maximum absolute atomic E-state index is 11.9. The first-order valence-electron chi connectivity index (χ1n) is 7.44. The van der Waals surface area contributed by atoms with E-state index in [1.807, 2.05) is 23.3 Å². The number of aromatic nitrogens is 2. The Morgan fingerprint density at radius 2 is 2.23 bits per heavy atom. The Kier molecular flexibility index (Phi) is 5.23. The number of imidazole rings is 1. The normalized spacial score (nSPS) is 20.5. The number of hydrogen-bond donors (Lipinski definition) is 1. The van der Waals surface area contributed by atoms with Crippen LogP contribution < -0.4 is 5.32 Å². The van der Waals surface area contributed by atoms with Crippen LogP contribution in [0.25, 0.3) is 0 Å². The van der Waals surface area contributed by atoms with E-state index in [1.165, 1.54) is 0 Å². The molecule has 1 aromatic rings. The molecule has 7 nitrogen and oxygen atoms in total. The molecule has 124 valence electrons. The SMILES string of the molecule is Cc1ncn(CCNC(=O)CN(C)[C@H]2CCS(=O)(=O)C2)c1C. The standard InChI is InChI=1S/C14H24N4O3S/c1-11-12(2)18(10-16-11)6-5-15-14(19)8-17(3)13-4-7-22(20,21)9-13/h10,13H,4-9H2,1-3H3,(H,15,19)/t13-/m0/s1. The first-order valence-corrected chi connectivity index (χ1v) is 9.26. The smallest absolute Gasteiger partial charge is 0.234 e. The molecule has 1 aromatic heterocycles. The largest absolute Gasteiger partial charge is 0.353 e. The van der Waals surface area contributed by atoms with Crippen molar-refractivity contribution in [1.29, 1.82) is 0 Å². The molecule has 1 N–H and O–H groups in total. The molecule has 0 aliphatic carbocycles. The van der Waals surface area contributed by atoms with Crippen molar-refractivity contribution in [3.05, 3.63) is 17.7 Å². The average molecular weight is 328 g/mol. The number of nitrogens with zero attached hydrogens (tertiary/aromatic N) is 3.